The summed E-state index contributed by atoms with van der Waals surface area (Å²) in [6.45, 7) is 6.62. The normalized spacial score (nSPS) is 18.2. The molecule has 1 saturated heterocycles. The van der Waals surface area contributed by atoms with Gasteiger partial charge in [-0.15, -0.1) is 0 Å². The molecule has 0 spiro atoms. The summed E-state index contributed by atoms with van der Waals surface area (Å²) in [5.41, 5.74) is 0.802. The van der Waals surface area contributed by atoms with Crippen molar-refractivity contribution in [1.82, 2.24) is 24.9 Å². The number of aromatic nitrogens is 5. The number of hydrogen-bond acceptors (Lipinski definition) is 7. The van der Waals surface area contributed by atoms with Crippen molar-refractivity contribution in [2.24, 2.45) is 5.92 Å². The minimum absolute atomic E-state index is 0.489. The Labute approximate surface area is 139 Å². The molecule has 3 aromatic rings. The van der Waals surface area contributed by atoms with E-state index in [9.17, 15) is 0 Å². The first-order valence-corrected chi connectivity index (χ1v) is 8.18. The van der Waals surface area contributed by atoms with Gasteiger partial charge in [-0.25, -0.2) is 9.67 Å². The van der Waals surface area contributed by atoms with Crippen molar-refractivity contribution < 1.29 is 8.94 Å². The zero-order chi connectivity index (χ0) is 16.5. The van der Waals surface area contributed by atoms with Gasteiger partial charge >= 0.3 is 0 Å². The molecular formula is C16H20N6O2. The smallest absolute Gasteiger partial charge is 0.266 e. The van der Waals surface area contributed by atoms with Crippen LogP contribution in [0.4, 0.5) is 5.95 Å². The molecule has 3 aromatic heterocycles. The SMILES string of the molecule is Cc1nc(C)n(CC2CCCN(c3noc(-c4ccoc4)n3)C2)n1. The number of rotatable bonds is 4. The fourth-order valence-corrected chi connectivity index (χ4v) is 3.22. The number of hydrogen-bond donors (Lipinski definition) is 0. The second-order valence-corrected chi connectivity index (χ2v) is 6.25. The molecule has 8 nitrogen and oxygen atoms in total. The summed E-state index contributed by atoms with van der Waals surface area (Å²) in [5, 5.41) is 8.59. The maximum absolute atomic E-state index is 5.35. The van der Waals surface area contributed by atoms with E-state index in [-0.39, 0.29) is 0 Å². The molecule has 0 radical (unpaired) electrons. The Hall–Kier alpha value is -2.64. The third-order valence-corrected chi connectivity index (χ3v) is 4.38. The Bertz CT molecular complexity index is 807. The van der Waals surface area contributed by atoms with Crippen LogP contribution in [0.5, 0.6) is 0 Å². The number of furan rings is 1. The van der Waals surface area contributed by atoms with E-state index in [1.807, 2.05) is 24.6 Å². The topological polar surface area (TPSA) is 86.0 Å². The fraction of sp³-hybridized carbons (Fsp3) is 0.500. The molecule has 4 heterocycles. The minimum atomic E-state index is 0.489. The zero-order valence-corrected chi connectivity index (χ0v) is 13.8. The van der Waals surface area contributed by atoms with Gasteiger partial charge in [-0.3, -0.25) is 0 Å². The highest BCUT2D eigenvalue weighted by molar-refractivity contribution is 5.52. The van der Waals surface area contributed by atoms with Crippen molar-refractivity contribution >= 4 is 5.95 Å². The van der Waals surface area contributed by atoms with E-state index in [2.05, 4.69) is 25.1 Å². The van der Waals surface area contributed by atoms with Gasteiger partial charge < -0.3 is 13.8 Å². The van der Waals surface area contributed by atoms with Crippen molar-refractivity contribution in [1.29, 1.82) is 0 Å². The highest BCUT2D eigenvalue weighted by Gasteiger charge is 2.25. The quantitative estimate of drug-likeness (QED) is 0.727. The molecule has 1 unspecified atom stereocenters. The Morgan fingerprint density at radius 1 is 1.29 bits per heavy atom. The number of anilines is 1. The van der Waals surface area contributed by atoms with Crippen LogP contribution in [0.3, 0.4) is 0 Å². The van der Waals surface area contributed by atoms with Crippen molar-refractivity contribution in [3.63, 3.8) is 0 Å². The van der Waals surface area contributed by atoms with Crippen LogP contribution in [0.1, 0.15) is 24.5 Å². The first-order valence-electron chi connectivity index (χ1n) is 8.18. The monoisotopic (exact) mass is 328 g/mol. The molecule has 0 bridgehead atoms. The summed E-state index contributed by atoms with van der Waals surface area (Å²) in [6, 6.07) is 1.81. The average molecular weight is 328 g/mol. The van der Waals surface area contributed by atoms with E-state index < -0.39 is 0 Å². The maximum atomic E-state index is 5.35. The van der Waals surface area contributed by atoms with E-state index >= 15 is 0 Å². The second kappa shape index (κ2) is 6.10. The van der Waals surface area contributed by atoms with Gasteiger partial charge in [0.15, 0.2) is 0 Å². The van der Waals surface area contributed by atoms with Gasteiger partial charge in [0.05, 0.1) is 11.8 Å². The lowest BCUT2D eigenvalue weighted by molar-refractivity contribution is 0.342. The zero-order valence-electron chi connectivity index (χ0n) is 13.8. The molecule has 126 valence electrons. The lowest BCUT2D eigenvalue weighted by atomic mass is 9.98. The van der Waals surface area contributed by atoms with Crippen LogP contribution in [0, 0.1) is 19.8 Å². The van der Waals surface area contributed by atoms with Gasteiger partial charge in [-0.2, -0.15) is 10.1 Å². The summed E-state index contributed by atoms with van der Waals surface area (Å²) in [6.07, 6.45) is 5.47. The lowest BCUT2D eigenvalue weighted by Gasteiger charge is -2.31. The van der Waals surface area contributed by atoms with Crippen molar-refractivity contribution in [3.05, 3.63) is 30.2 Å². The Balaban J connectivity index is 1.46. The molecule has 1 atom stereocenters. The van der Waals surface area contributed by atoms with Gasteiger partial charge in [0.25, 0.3) is 11.8 Å². The van der Waals surface area contributed by atoms with Crippen LogP contribution in [-0.2, 0) is 6.54 Å². The summed E-state index contributed by atoms with van der Waals surface area (Å²) in [5.74, 6) is 3.41. The van der Waals surface area contributed by atoms with Crippen LogP contribution < -0.4 is 4.90 Å². The minimum Gasteiger partial charge on any atom is -0.472 e. The first-order chi connectivity index (χ1) is 11.7. The summed E-state index contributed by atoms with van der Waals surface area (Å²) >= 11 is 0. The molecule has 4 rings (SSSR count). The predicted octanol–water partition coefficient (Wildman–Crippen LogP) is 2.45. The van der Waals surface area contributed by atoms with Gasteiger partial charge in [0, 0.05) is 19.6 Å². The lowest BCUT2D eigenvalue weighted by Crippen LogP contribution is -2.38. The molecule has 0 amide bonds. The van der Waals surface area contributed by atoms with Crippen LogP contribution in [0.2, 0.25) is 0 Å². The number of aryl methyl sites for hydroxylation is 2. The number of piperidine rings is 1. The van der Waals surface area contributed by atoms with E-state index in [0.717, 1.165) is 43.3 Å². The molecule has 1 aliphatic rings. The van der Waals surface area contributed by atoms with Crippen LogP contribution in [0.15, 0.2) is 27.5 Å². The molecule has 0 aromatic carbocycles. The summed E-state index contributed by atoms with van der Waals surface area (Å²) in [4.78, 5) is 11.0. The molecule has 0 saturated carbocycles. The second-order valence-electron chi connectivity index (χ2n) is 6.25. The average Bonchev–Trinajstić information content (AvgIpc) is 3.29. The molecule has 1 aliphatic heterocycles. The largest absolute Gasteiger partial charge is 0.472 e. The predicted molar refractivity (Wildman–Crippen MR) is 86.4 cm³/mol. The van der Waals surface area contributed by atoms with Gasteiger partial charge in [0.2, 0.25) is 0 Å². The molecule has 1 fully saturated rings. The van der Waals surface area contributed by atoms with Gasteiger partial charge in [-0.05, 0) is 43.8 Å². The molecule has 0 N–H and O–H groups in total. The van der Waals surface area contributed by atoms with Crippen LogP contribution >= 0.6 is 0 Å². The van der Waals surface area contributed by atoms with Crippen molar-refractivity contribution in [2.75, 3.05) is 18.0 Å². The van der Waals surface area contributed by atoms with Crippen LogP contribution in [0.25, 0.3) is 11.5 Å². The van der Waals surface area contributed by atoms with Crippen molar-refractivity contribution in [2.45, 2.75) is 33.2 Å². The third-order valence-electron chi connectivity index (χ3n) is 4.38. The third kappa shape index (κ3) is 2.91. The van der Waals surface area contributed by atoms with Gasteiger partial charge in [-0.1, -0.05) is 0 Å². The number of nitrogens with zero attached hydrogens (tertiary/aromatic N) is 6. The highest BCUT2D eigenvalue weighted by atomic mass is 16.5. The van der Waals surface area contributed by atoms with E-state index in [4.69, 9.17) is 8.94 Å². The van der Waals surface area contributed by atoms with E-state index in [1.165, 1.54) is 6.42 Å². The molecule has 24 heavy (non-hydrogen) atoms. The maximum Gasteiger partial charge on any atom is 0.266 e. The Morgan fingerprint density at radius 3 is 2.96 bits per heavy atom. The Kier molecular flexibility index (Phi) is 3.79. The summed E-state index contributed by atoms with van der Waals surface area (Å²) in [7, 11) is 0. The standard InChI is InChI=1S/C16H20N6O2/c1-11-17-12(2)22(19-11)9-13-4-3-6-21(8-13)16-18-15(24-20-16)14-5-7-23-10-14/h5,7,10,13H,3-4,6,8-9H2,1-2H3. The van der Waals surface area contributed by atoms with E-state index in [1.54, 1.807) is 12.5 Å². The van der Waals surface area contributed by atoms with E-state index in [0.29, 0.717) is 17.8 Å². The van der Waals surface area contributed by atoms with Crippen LogP contribution in [-0.4, -0.2) is 38.0 Å². The highest BCUT2D eigenvalue weighted by Crippen LogP contribution is 2.25. The molecular weight excluding hydrogens is 308 g/mol. The first kappa shape index (κ1) is 14.9. The summed E-state index contributed by atoms with van der Waals surface area (Å²) < 4.78 is 12.4. The van der Waals surface area contributed by atoms with Gasteiger partial charge in [0.1, 0.15) is 17.9 Å². The molecule has 0 aliphatic carbocycles. The van der Waals surface area contributed by atoms with Crippen molar-refractivity contribution in [3.8, 4) is 11.5 Å². The Morgan fingerprint density at radius 2 is 2.21 bits per heavy atom. The fourth-order valence-electron chi connectivity index (χ4n) is 3.22. The molecule has 8 heteroatoms.